The van der Waals surface area contributed by atoms with Gasteiger partial charge in [0.2, 0.25) is 0 Å². The number of rotatable bonds is 5. The number of nitrogens with zero attached hydrogens (tertiary/aromatic N) is 3. The summed E-state index contributed by atoms with van der Waals surface area (Å²) in [4.78, 5) is 6.84. The zero-order valence-corrected chi connectivity index (χ0v) is 17.4. The first-order valence-corrected chi connectivity index (χ1v) is 10.3. The molecule has 28 heavy (non-hydrogen) atoms. The standard InChI is InChI=1S/C23H26N4S/c1-4-17-8-10-19(11-9-17)27-22(18-12-14-26(15-18)16(2)3)21(25-23(27)28)20-7-5-6-13-24-20/h5-16,21-22H,4H2,1-3H3,(H,25,28)/t21-,22-/m0/s1. The predicted molar refractivity (Wildman–Crippen MR) is 119 cm³/mol. The van der Waals surface area contributed by atoms with Crippen LogP contribution < -0.4 is 10.2 Å². The largest absolute Gasteiger partial charge is 0.351 e. The van der Waals surface area contributed by atoms with Gasteiger partial charge in [-0.15, -0.1) is 0 Å². The molecule has 4 rings (SSSR count). The van der Waals surface area contributed by atoms with Gasteiger partial charge in [0.1, 0.15) is 0 Å². The highest BCUT2D eigenvalue weighted by atomic mass is 32.1. The average molecular weight is 391 g/mol. The van der Waals surface area contributed by atoms with Crippen LogP contribution in [0.4, 0.5) is 5.69 Å². The first-order chi connectivity index (χ1) is 13.6. The Morgan fingerprint density at radius 3 is 2.50 bits per heavy atom. The van der Waals surface area contributed by atoms with Gasteiger partial charge in [0.15, 0.2) is 5.11 Å². The van der Waals surface area contributed by atoms with Crippen LogP contribution >= 0.6 is 12.2 Å². The molecule has 1 aromatic carbocycles. The number of benzene rings is 1. The van der Waals surface area contributed by atoms with Crippen LogP contribution in [0, 0.1) is 0 Å². The van der Waals surface area contributed by atoms with E-state index in [0.29, 0.717) is 6.04 Å². The zero-order valence-electron chi connectivity index (χ0n) is 16.5. The van der Waals surface area contributed by atoms with Crippen molar-refractivity contribution < 1.29 is 0 Å². The number of pyridine rings is 1. The van der Waals surface area contributed by atoms with Crippen molar-refractivity contribution in [2.45, 2.75) is 45.3 Å². The fraction of sp³-hybridized carbons (Fsp3) is 0.304. The van der Waals surface area contributed by atoms with Crippen molar-refractivity contribution in [1.82, 2.24) is 14.9 Å². The van der Waals surface area contributed by atoms with Gasteiger partial charge in [-0.1, -0.05) is 25.1 Å². The summed E-state index contributed by atoms with van der Waals surface area (Å²) in [7, 11) is 0. The molecule has 1 saturated heterocycles. The molecule has 144 valence electrons. The van der Waals surface area contributed by atoms with Crippen LogP contribution in [0.5, 0.6) is 0 Å². The Kier molecular flexibility index (Phi) is 5.18. The molecule has 1 fully saturated rings. The molecule has 0 bridgehead atoms. The van der Waals surface area contributed by atoms with Crippen LogP contribution in [0.15, 0.2) is 67.1 Å². The monoisotopic (exact) mass is 390 g/mol. The third-order valence-corrected chi connectivity index (χ3v) is 5.71. The normalized spacial score (nSPS) is 19.3. The number of hydrogen-bond donors (Lipinski definition) is 1. The molecule has 2 aromatic heterocycles. The first-order valence-electron chi connectivity index (χ1n) is 9.85. The van der Waals surface area contributed by atoms with E-state index in [2.05, 4.69) is 89.3 Å². The summed E-state index contributed by atoms with van der Waals surface area (Å²) < 4.78 is 2.24. The second kappa shape index (κ2) is 7.76. The van der Waals surface area contributed by atoms with Gasteiger partial charge >= 0.3 is 0 Å². The number of aromatic nitrogens is 2. The highest BCUT2D eigenvalue weighted by molar-refractivity contribution is 7.80. The van der Waals surface area contributed by atoms with Gasteiger partial charge in [-0.2, -0.15) is 0 Å². The van der Waals surface area contributed by atoms with Gasteiger partial charge in [-0.05, 0) is 73.9 Å². The summed E-state index contributed by atoms with van der Waals surface area (Å²) in [6, 6.07) is 17.4. The van der Waals surface area contributed by atoms with Crippen molar-refractivity contribution in [3.05, 3.63) is 83.9 Å². The summed E-state index contributed by atoms with van der Waals surface area (Å²) in [6.07, 6.45) is 7.25. The van der Waals surface area contributed by atoms with Crippen molar-refractivity contribution in [1.29, 1.82) is 0 Å². The Morgan fingerprint density at radius 2 is 1.89 bits per heavy atom. The van der Waals surface area contributed by atoms with E-state index in [1.54, 1.807) is 0 Å². The number of thiocarbonyl (C=S) groups is 1. The van der Waals surface area contributed by atoms with Gasteiger partial charge in [0.25, 0.3) is 0 Å². The molecule has 3 aromatic rings. The Bertz CT molecular complexity index is 946. The van der Waals surface area contributed by atoms with E-state index in [-0.39, 0.29) is 12.1 Å². The van der Waals surface area contributed by atoms with Crippen molar-refractivity contribution in [2.24, 2.45) is 0 Å². The fourth-order valence-corrected chi connectivity index (χ4v) is 4.14. The van der Waals surface area contributed by atoms with E-state index >= 15 is 0 Å². The van der Waals surface area contributed by atoms with Crippen LogP contribution in [0.25, 0.3) is 0 Å². The van der Waals surface area contributed by atoms with E-state index in [4.69, 9.17) is 12.2 Å². The maximum Gasteiger partial charge on any atom is 0.174 e. The van der Waals surface area contributed by atoms with E-state index in [1.807, 2.05) is 18.3 Å². The summed E-state index contributed by atoms with van der Waals surface area (Å²) in [5.41, 5.74) is 4.66. The van der Waals surface area contributed by atoms with E-state index in [9.17, 15) is 0 Å². The number of anilines is 1. The number of hydrogen-bond acceptors (Lipinski definition) is 2. The molecule has 2 atom stereocenters. The average Bonchev–Trinajstić information content (AvgIpc) is 3.33. The molecule has 0 spiro atoms. The summed E-state index contributed by atoms with van der Waals surface area (Å²) in [6.45, 7) is 6.56. The van der Waals surface area contributed by atoms with Crippen molar-refractivity contribution >= 4 is 23.0 Å². The van der Waals surface area contributed by atoms with Crippen LogP contribution in [-0.2, 0) is 6.42 Å². The second-order valence-corrected chi connectivity index (χ2v) is 7.89. The maximum atomic E-state index is 5.78. The van der Waals surface area contributed by atoms with E-state index < -0.39 is 0 Å². The summed E-state index contributed by atoms with van der Waals surface area (Å²) in [5, 5.41) is 4.26. The van der Waals surface area contributed by atoms with Crippen LogP contribution in [0.2, 0.25) is 0 Å². The highest BCUT2D eigenvalue weighted by Gasteiger charge is 2.41. The maximum absolute atomic E-state index is 5.78. The topological polar surface area (TPSA) is 33.1 Å². The van der Waals surface area contributed by atoms with Crippen molar-refractivity contribution in [3.63, 3.8) is 0 Å². The smallest absolute Gasteiger partial charge is 0.174 e. The molecule has 0 radical (unpaired) electrons. The van der Waals surface area contributed by atoms with Gasteiger partial charge in [0, 0.05) is 30.3 Å². The van der Waals surface area contributed by atoms with E-state index in [0.717, 1.165) is 22.9 Å². The molecule has 1 N–H and O–H groups in total. The third-order valence-electron chi connectivity index (χ3n) is 5.40. The third kappa shape index (κ3) is 3.42. The van der Waals surface area contributed by atoms with Gasteiger partial charge in [-0.25, -0.2) is 0 Å². The lowest BCUT2D eigenvalue weighted by Gasteiger charge is -2.27. The minimum absolute atomic E-state index is 0.00237. The Labute approximate surface area is 172 Å². The second-order valence-electron chi connectivity index (χ2n) is 7.50. The number of aryl methyl sites for hydroxylation is 1. The Hall–Kier alpha value is -2.66. The first kappa shape index (κ1) is 18.7. The van der Waals surface area contributed by atoms with Crippen LogP contribution in [0.1, 0.15) is 55.7 Å². The number of nitrogens with one attached hydrogen (secondary N) is 1. The molecule has 1 aliphatic heterocycles. The molecule has 5 heteroatoms. The molecule has 3 heterocycles. The Balaban J connectivity index is 1.79. The molecular formula is C23H26N4S. The lowest BCUT2D eigenvalue weighted by molar-refractivity contribution is 0.560. The molecule has 0 unspecified atom stereocenters. The zero-order chi connectivity index (χ0) is 19.7. The van der Waals surface area contributed by atoms with Crippen molar-refractivity contribution in [2.75, 3.05) is 4.90 Å². The fourth-order valence-electron chi connectivity index (χ4n) is 3.79. The van der Waals surface area contributed by atoms with Gasteiger partial charge < -0.3 is 14.8 Å². The lowest BCUT2D eigenvalue weighted by Crippen LogP contribution is -2.29. The molecule has 0 saturated carbocycles. The SMILES string of the molecule is CCc1ccc(N2C(=S)N[C@@H](c3ccccn3)[C@@H]2c2ccn(C(C)C)c2)cc1. The molecular weight excluding hydrogens is 364 g/mol. The minimum Gasteiger partial charge on any atom is -0.351 e. The minimum atomic E-state index is 0.00237. The summed E-state index contributed by atoms with van der Waals surface area (Å²) in [5.74, 6) is 0. The Morgan fingerprint density at radius 1 is 1.11 bits per heavy atom. The van der Waals surface area contributed by atoms with Crippen molar-refractivity contribution in [3.8, 4) is 0 Å². The molecule has 0 amide bonds. The molecule has 1 aliphatic rings. The molecule has 4 nitrogen and oxygen atoms in total. The van der Waals surface area contributed by atoms with Gasteiger partial charge in [0.05, 0.1) is 17.8 Å². The van der Waals surface area contributed by atoms with Crippen LogP contribution in [0.3, 0.4) is 0 Å². The predicted octanol–water partition coefficient (Wildman–Crippen LogP) is 5.20. The lowest BCUT2D eigenvalue weighted by atomic mass is 9.98. The van der Waals surface area contributed by atoms with Crippen LogP contribution in [-0.4, -0.2) is 14.7 Å². The van der Waals surface area contributed by atoms with Gasteiger partial charge in [-0.3, -0.25) is 4.98 Å². The molecule has 0 aliphatic carbocycles. The highest BCUT2D eigenvalue weighted by Crippen LogP contribution is 2.41. The van der Waals surface area contributed by atoms with E-state index in [1.165, 1.54) is 11.1 Å². The summed E-state index contributed by atoms with van der Waals surface area (Å²) >= 11 is 5.78. The quantitative estimate of drug-likeness (QED) is 0.607.